The Morgan fingerprint density at radius 3 is 2.00 bits per heavy atom. The molecule has 1 aromatic heterocycles. The van der Waals surface area contributed by atoms with Gasteiger partial charge in [0.1, 0.15) is 0 Å². The maximum Gasteiger partial charge on any atom is 0.309 e. The van der Waals surface area contributed by atoms with Gasteiger partial charge in [-0.25, -0.2) is 4.98 Å². The summed E-state index contributed by atoms with van der Waals surface area (Å²) in [4.78, 5) is 36.5. The van der Waals surface area contributed by atoms with Crippen LogP contribution in [0.3, 0.4) is 0 Å². The minimum absolute atomic E-state index is 0.0519. The molecular weight excluding hydrogens is 242 g/mol. The number of rotatable bonds is 3. The molecule has 0 aliphatic carbocycles. The smallest absolute Gasteiger partial charge is 0.309 e. The predicted octanol–water partition coefficient (Wildman–Crippen LogP) is 0.857. The summed E-state index contributed by atoms with van der Waals surface area (Å²) in [5, 5.41) is 0. The van der Waals surface area contributed by atoms with Crippen LogP contribution < -0.4 is 14.2 Å². The van der Waals surface area contributed by atoms with Crippen molar-refractivity contribution in [2.24, 2.45) is 0 Å². The molecule has 0 radical (unpaired) electrons. The van der Waals surface area contributed by atoms with E-state index in [0.717, 1.165) is 13.8 Å². The first-order chi connectivity index (χ1) is 8.40. The second-order valence-electron chi connectivity index (χ2n) is 3.22. The topological polar surface area (TPSA) is 91.8 Å². The van der Waals surface area contributed by atoms with Crippen molar-refractivity contribution in [2.75, 3.05) is 0 Å². The van der Waals surface area contributed by atoms with Gasteiger partial charge in [0.2, 0.25) is 5.75 Å². The van der Waals surface area contributed by atoms with Crippen LogP contribution in [0.25, 0.3) is 0 Å². The quantitative estimate of drug-likeness (QED) is 0.737. The lowest BCUT2D eigenvalue weighted by molar-refractivity contribution is -0.135. The molecule has 0 atom stereocenters. The Hall–Kier alpha value is -2.44. The van der Waals surface area contributed by atoms with Crippen molar-refractivity contribution in [3.8, 4) is 17.4 Å². The van der Waals surface area contributed by atoms with Crippen LogP contribution in [0.15, 0.2) is 12.3 Å². The lowest BCUT2D eigenvalue weighted by Gasteiger charge is -2.11. The summed E-state index contributed by atoms with van der Waals surface area (Å²) in [6, 6.07) is 1.31. The van der Waals surface area contributed by atoms with Crippen LogP contribution in [-0.4, -0.2) is 22.9 Å². The molecule has 0 saturated heterocycles. The summed E-state index contributed by atoms with van der Waals surface area (Å²) in [6.07, 6.45) is 1.25. The van der Waals surface area contributed by atoms with Gasteiger partial charge in [0.25, 0.3) is 5.88 Å². The van der Waals surface area contributed by atoms with Crippen molar-refractivity contribution in [3.05, 3.63) is 12.3 Å². The van der Waals surface area contributed by atoms with Crippen molar-refractivity contribution >= 4 is 17.9 Å². The van der Waals surface area contributed by atoms with E-state index in [2.05, 4.69) is 4.98 Å². The van der Waals surface area contributed by atoms with E-state index in [4.69, 9.17) is 14.2 Å². The van der Waals surface area contributed by atoms with Gasteiger partial charge in [-0.2, -0.15) is 0 Å². The van der Waals surface area contributed by atoms with E-state index in [1.807, 2.05) is 0 Å². The van der Waals surface area contributed by atoms with Crippen LogP contribution in [0, 0.1) is 0 Å². The first kappa shape index (κ1) is 13.6. The van der Waals surface area contributed by atoms with Gasteiger partial charge in [-0.3, -0.25) is 14.4 Å². The van der Waals surface area contributed by atoms with Crippen molar-refractivity contribution in [1.82, 2.24) is 4.98 Å². The highest BCUT2D eigenvalue weighted by Gasteiger charge is 2.18. The first-order valence-corrected chi connectivity index (χ1v) is 4.94. The Labute approximate surface area is 103 Å². The fraction of sp³-hybridized carbons (Fsp3) is 0.273. The SMILES string of the molecule is CC(=O)Oc1ccnc(OC(C)=O)c1OC(C)=O. The third-order valence-corrected chi connectivity index (χ3v) is 1.58. The highest BCUT2D eigenvalue weighted by atomic mass is 16.6. The van der Waals surface area contributed by atoms with Gasteiger partial charge in [0, 0.05) is 33.0 Å². The monoisotopic (exact) mass is 253 g/mol. The summed E-state index contributed by atoms with van der Waals surface area (Å²) in [5.41, 5.74) is 0. The molecule has 1 rings (SSSR count). The Morgan fingerprint density at radius 2 is 1.50 bits per heavy atom. The van der Waals surface area contributed by atoms with Gasteiger partial charge >= 0.3 is 17.9 Å². The molecule has 7 nitrogen and oxygen atoms in total. The Kier molecular flexibility index (Phi) is 4.36. The average Bonchev–Trinajstić information content (AvgIpc) is 2.20. The molecule has 0 aliphatic heterocycles. The van der Waals surface area contributed by atoms with Crippen molar-refractivity contribution in [1.29, 1.82) is 0 Å². The van der Waals surface area contributed by atoms with Crippen LogP contribution in [0.1, 0.15) is 20.8 Å². The molecule has 0 N–H and O–H groups in total. The molecule has 0 amide bonds. The second kappa shape index (κ2) is 5.76. The molecule has 0 aliphatic rings. The number of hydrogen-bond donors (Lipinski definition) is 0. The molecule has 0 bridgehead atoms. The van der Waals surface area contributed by atoms with Gasteiger partial charge in [-0.05, 0) is 0 Å². The number of pyridine rings is 1. The third-order valence-electron chi connectivity index (χ3n) is 1.58. The van der Waals surface area contributed by atoms with E-state index >= 15 is 0 Å². The number of ether oxygens (including phenoxy) is 3. The maximum absolute atomic E-state index is 11.0. The summed E-state index contributed by atoms with van der Waals surface area (Å²) in [5.74, 6) is -2.42. The van der Waals surface area contributed by atoms with Crippen molar-refractivity contribution in [3.63, 3.8) is 0 Å². The van der Waals surface area contributed by atoms with Crippen LogP contribution in [0.4, 0.5) is 0 Å². The lowest BCUT2D eigenvalue weighted by Crippen LogP contribution is -2.11. The van der Waals surface area contributed by atoms with Crippen LogP contribution >= 0.6 is 0 Å². The van der Waals surface area contributed by atoms with Crippen LogP contribution in [-0.2, 0) is 14.4 Å². The van der Waals surface area contributed by atoms with E-state index in [9.17, 15) is 14.4 Å². The fourth-order valence-electron chi connectivity index (χ4n) is 1.09. The summed E-state index contributed by atoms with van der Waals surface area (Å²) in [7, 11) is 0. The molecular formula is C11H11NO6. The molecule has 18 heavy (non-hydrogen) atoms. The van der Waals surface area contributed by atoms with Gasteiger partial charge in [-0.1, -0.05) is 0 Å². The molecule has 0 saturated carbocycles. The number of aromatic nitrogens is 1. The summed E-state index contributed by atoms with van der Waals surface area (Å²) < 4.78 is 14.4. The molecule has 1 heterocycles. The fourth-order valence-corrected chi connectivity index (χ4v) is 1.09. The number of esters is 3. The molecule has 7 heteroatoms. The normalized spacial score (nSPS) is 9.50. The molecule has 0 fully saturated rings. The van der Waals surface area contributed by atoms with E-state index in [0.29, 0.717) is 0 Å². The number of carbonyl (C=O) groups is 3. The zero-order valence-corrected chi connectivity index (χ0v) is 10.1. The van der Waals surface area contributed by atoms with Crippen LogP contribution in [0.5, 0.6) is 17.4 Å². The Morgan fingerprint density at radius 1 is 0.944 bits per heavy atom. The predicted molar refractivity (Wildman–Crippen MR) is 58.2 cm³/mol. The standard InChI is InChI=1S/C11H11NO6/c1-6(13)16-9-4-5-12-11(18-8(3)15)10(9)17-7(2)14/h4-5H,1-3H3. The molecule has 0 spiro atoms. The second-order valence-corrected chi connectivity index (χ2v) is 3.22. The molecule has 0 unspecified atom stereocenters. The minimum atomic E-state index is -0.662. The minimum Gasteiger partial charge on any atom is -0.422 e. The summed E-state index contributed by atoms with van der Waals surface area (Å²) in [6.45, 7) is 3.50. The largest absolute Gasteiger partial charge is 0.422 e. The van der Waals surface area contributed by atoms with E-state index < -0.39 is 17.9 Å². The zero-order chi connectivity index (χ0) is 13.7. The van der Waals surface area contributed by atoms with Crippen molar-refractivity contribution in [2.45, 2.75) is 20.8 Å². The number of hydrogen-bond acceptors (Lipinski definition) is 7. The Bertz CT molecular complexity index is 462. The van der Waals surface area contributed by atoms with E-state index in [1.54, 1.807) is 0 Å². The van der Waals surface area contributed by atoms with E-state index in [1.165, 1.54) is 19.2 Å². The zero-order valence-electron chi connectivity index (χ0n) is 10.1. The highest BCUT2D eigenvalue weighted by Crippen LogP contribution is 2.35. The summed E-state index contributed by atoms with van der Waals surface area (Å²) >= 11 is 0. The first-order valence-electron chi connectivity index (χ1n) is 4.94. The molecule has 0 aromatic carbocycles. The number of nitrogens with zero attached hydrogens (tertiary/aromatic N) is 1. The maximum atomic E-state index is 11.0. The molecule has 1 aromatic rings. The number of carbonyl (C=O) groups excluding carboxylic acids is 3. The highest BCUT2D eigenvalue weighted by molar-refractivity contribution is 5.76. The van der Waals surface area contributed by atoms with Crippen molar-refractivity contribution < 1.29 is 28.6 Å². The third kappa shape index (κ3) is 3.85. The average molecular weight is 253 g/mol. The lowest BCUT2D eigenvalue weighted by atomic mass is 10.4. The van der Waals surface area contributed by atoms with Gasteiger partial charge < -0.3 is 14.2 Å². The van der Waals surface area contributed by atoms with Gasteiger partial charge in [0.05, 0.1) is 0 Å². The Balaban J connectivity index is 3.19. The van der Waals surface area contributed by atoms with Crippen LogP contribution in [0.2, 0.25) is 0 Å². The molecule has 96 valence electrons. The van der Waals surface area contributed by atoms with E-state index in [-0.39, 0.29) is 17.4 Å². The van der Waals surface area contributed by atoms with Gasteiger partial charge in [-0.15, -0.1) is 0 Å². The van der Waals surface area contributed by atoms with Gasteiger partial charge in [0.15, 0.2) is 5.75 Å².